The highest BCUT2D eigenvalue weighted by atomic mass is 16.5. The van der Waals surface area contributed by atoms with Gasteiger partial charge in [0.25, 0.3) is 5.91 Å². The smallest absolute Gasteiger partial charge is 0.356 e. The van der Waals surface area contributed by atoms with E-state index in [1.54, 1.807) is 50.4 Å². The van der Waals surface area contributed by atoms with Crippen LogP contribution in [-0.4, -0.2) is 44.8 Å². The molecule has 1 amide bonds. The van der Waals surface area contributed by atoms with Gasteiger partial charge < -0.3 is 29.2 Å². The lowest BCUT2D eigenvalue weighted by atomic mass is 10.1. The molecule has 0 atom stereocenters. The van der Waals surface area contributed by atoms with Crippen molar-refractivity contribution in [2.24, 2.45) is 0 Å². The molecule has 0 bridgehead atoms. The maximum atomic E-state index is 12.8. The van der Waals surface area contributed by atoms with Crippen LogP contribution in [0.5, 0.6) is 17.2 Å². The van der Waals surface area contributed by atoms with Crippen LogP contribution in [0.3, 0.4) is 0 Å². The Kier molecular flexibility index (Phi) is 5.92. The number of rotatable bonds is 7. The van der Waals surface area contributed by atoms with Gasteiger partial charge >= 0.3 is 5.97 Å². The van der Waals surface area contributed by atoms with Crippen LogP contribution < -0.4 is 19.5 Å². The molecule has 0 unspecified atom stereocenters. The largest absolute Gasteiger partial charge is 0.497 e. The number of benzene rings is 2. The minimum absolute atomic E-state index is 0.138. The topological polar surface area (TPSA) is 98.9 Å². The molecule has 8 heteroatoms. The summed E-state index contributed by atoms with van der Waals surface area (Å²) in [4.78, 5) is 28.3. The number of aromatic amines is 1. The van der Waals surface area contributed by atoms with Crippen LogP contribution in [0.4, 0.5) is 5.69 Å². The third-order valence-corrected chi connectivity index (χ3v) is 4.37. The Morgan fingerprint density at radius 3 is 2.21 bits per heavy atom. The molecule has 0 spiro atoms. The number of ether oxygens (including phenoxy) is 4. The number of hydrogen-bond donors (Lipinski definition) is 2. The Morgan fingerprint density at radius 2 is 1.62 bits per heavy atom. The zero-order valence-corrected chi connectivity index (χ0v) is 16.6. The van der Waals surface area contributed by atoms with Crippen molar-refractivity contribution in [1.82, 2.24) is 4.98 Å². The maximum Gasteiger partial charge on any atom is 0.356 e. The fourth-order valence-electron chi connectivity index (χ4n) is 2.94. The van der Waals surface area contributed by atoms with Gasteiger partial charge in [-0.2, -0.15) is 0 Å². The molecule has 29 heavy (non-hydrogen) atoms. The monoisotopic (exact) mass is 398 g/mol. The summed E-state index contributed by atoms with van der Waals surface area (Å²) in [5, 5.41) is 3.40. The number of aromatic nitrogens is 1. The Bertz CT molecular complexity index is 1040. The van der Waals surface area contributed by atoms with Crippen molar-refractivity contribution in [3.8, 4) is 17.2 Å². The summed E-state index contributed by atoms with van der Waals surface area (Å²) in [6.07, 6.45) is 0. The third kappa shape index (κ3) is 3.96. The summed E-state index contributed by atoms with van der Waals surface area (Å²) in [6, 6.07) is 10.0. The SMILES string of the molecule is CCOC(=O)c1[nH]c2cc(OC)c(OC)cc2c1NC(=O)c1ccc(OC)cc1. The first-order valence-electron chi connectivity index (χ1n) is 8.92. The number of fused-ring (bicyclic) bond motifs is 1. The van der Waals surface area contributed by atoms with Crippen LogP contribution >= 0.6 is 0 Å². The summed E-state index contributed by atoms with van der Waals surface area (Å²) in [5.74, 6) is 0.636. The molecular weight excluding hydrogens is 376 g/mol. The Balaban J connectivity index is 2.08. The van der Waals surface area contributed by atoms with Gasteiger partial charge in [0, 0.05) is 17.0 Å². The van der Waals surface area contributed by atoms with Gasteiger partial charge in [-0.25, -0.2) is 4.79 Å². The van der Waals surface area contributed by atoms with Gasteiger partial charge in [-0.3, -0.25) is 4.79 Å². The van der Waals surface area contributed by atoms with Gasteiger partial charge in [0.15, 0.2) is 11.5 Å². The quantitative estimate of drug-likeness (QED) is 0.590. The lowest BCUT2D eigenvalue weighted by Gasteiger charge is -2.10. The normalized spacial score (nSPS) is 10.5. The first-order valence-corrected chi connectivity index (χ1v) is 8.92. The molecule has 8 nitrogen and oxygen atoms in total. The summed E-state index contributed by atoms with van der Waals surface area (Å²) < 4.78 is 20.9. The summed E-state index contributed by atoms with van der Waals surface area (Å²) in [5.41, 5.74) is 1.45. The molecular formula is C21H22N2O6. The van der Waals surface area contributed by atoms with E-state index in [0.29, 0.717) is 39.4 Å². The molecule has 3 aromatic rings. The summed E-state index contributed by atoms with van der Waals surface area (Å²) >= 11 is 0. The number of hydrogen-bond acceptors (Lipinski definition) is 6. The second kappa shape index (κ2) is 8.55. The van der Waals surface area contributed by atoms with E-state index in [-0.39, 0.29) is 18.2 Å². The highest BCUT2D eigenvalue weighted by molar-refractivity contribution is 6.15. The van der Waals surface area contributed by atoms with Crippen LogP contribution in [-0.2, 0) is 4.74 Å². The fourth-order valence-corrected chi connectivity index (χ4v) is 2.94. The highest BCUT2D eigenvalue weighted by Gasteiger charge is 2.23. The van der Waals surface area contributed by atoms with Crippen molar-refractivity contribution >= 4 is 28.5 Å². The van der Waals surface area contributed by atoms with E-state index in [0.717, 1.165) is 0 Å². The van der Waals surface area contributed by atoms with Gasteiger partial charge in [-0.1, -0.05) is 0 Å². The predicted octanol–water partition coefficient (Wildman–Crippen LogP) is 3.62. The summed E-state index contributed by atoms with van der Waals surface area (Å²) in [7, 11) is 4.58. The minimum Gasteiger partial charge on any atom is -0.497 e. The second-order valence-corrected chi connectivity index (χ2v) is 6.03. The molecule has 3 rings (SSSR count). The predicted molar refractivity (Wildman–Crippen MR) is 108 cm³/mol. The first kappa shape index (κ1) is 20.1. The number of esters is 1. The zero-order valence-electron chi connectivity index (χ0n) is 16.6. The number of methoxy groups -OCH3 is 3. The van der Waals surface area contributed by atoms with Gasteiger partial charge in [-0.15, -0.1) is 0 Å². The van der Waals surface area contributed by atoms with Gasteiger partial charge in [0.2, 0.25) is 0 Å². The van der Waals surface area contributed by atoms with Crippen LogP contribution in [0.2, 0.25) is 0 Å². The Morgan fingerprint density at radius 1 is 0.966 bits per heavy atom. The van der Waals surface area contributed by atoms with Gasteiger partial charge in [-0.05, 0) is 37.3 Å². The molecule has 0 fully saturated rings. The molecule has 0 saturated heterocycles. The van der Waals surface area contributed by atoms with Crippen molar-refractivity contribution in [1.29, 1.82) is 0 Å². The molecule has 1 heterocycles. The number of H-pyrrole nitrogens is 1. The van der Waals surface area contributed by atoms with E-state index in [4.69, 9.17) is 18.9 Å². The van der Waals surface area contributed by atoms with E-state index < -0.39 is 5.97 Å². The standard InChI is InChI=1S/C21H22N2O6/c1-5-29-21(25)19-18(23-20(24)12-6-8-13(26-2)9-7-12)14-10-16(27-3)17(28-4)11-15(14)22-19/h6-11,22H,5H2,1-4H3,(H,23,24). The number of amides is 1. The van der Waals surface area contributed by atoms with E-state index in [9.17, 15) is 9.59 Å². The third-order valence-electron chi connectivity index (χ3n) is 4.37. The highest BCUT2D eigenvalue weighted by Crippen LogP contribution is 2.37. The molecule has 0 radical (unpaired) electrons. The molecule has 2 N–H and O–H groups in total. The van der Waals surface area contributed by atoms with E-state index >= 15 is 0 Å². The van der Waals surface area contributed by atoms with Crippen LogP contribution in [0, 0.1) is 0 Å². The average molecular weight is 398 g/mol. The lowest BCUT2D eigenvalue weighted by molar-refractivity contribution is 0.0522. The van der Waals surface area contributed by atoms with Gasteiger partial charge in [0.05, 0.1) is 39.1 Å². The number of carbonyl (C=O) groups is 2. The Labute approximate surface area is 167 Å². The first-order chi connectivity index (χ1) is 14.0. The van der Waals surface area contributed by atoms with Crippen molar-refractivity contribution in [2.75, 3.05) is 33.3 Å². The molecule has 0 aliphatic rings. The van der Waals surface area contributed by atoms with E-state index in [2.05, 4.69) is 10.3 Å². The van der Waals surface area contributed by atoms with Crippen LogP contribution in [0.25, 0.3) is 10.9 Å². The summed E-state index contributed by atoms with van der Waals surface area (Å²) in [6.45, 7) is 1.91. The van der Waals surface area contributed by atoms with Crippen molar-refractivity contribution in [3.05, 3.63) is 47.7 Å². The van der Waals surface area contributed by atoms with Crippen molar-refractivity contribution < 1.29 is 28.5 Å². The maximum absolute atomic E-state index is 12.8. The molecule has 152 valence electrons. The molecule has 0 aliphatic carbocycles. The molecule has 0 aliphatic heterocycles. The number of anilines is 1. The molecule has 2 aromatic carbocycles. The van der Waals surface area contributed by atoms with Gasteiger partial charge in [0.1, 0.15) is 11.4 Å². The molecule has 0 saturated carbocycles. The average Bonchev–Trinajstić information content (AvgIpc) is 3.10. The van der Waals surface area contributed by atoms with Crippen molar-refractivity contribution in [2.45, 2.75) is 6.92 Å². The van der Waals surface area contributed by atoms with Crippen LogP contribution in [0.1, 0.15) is 27.8 Å². The minimum atomic E-state index is -0.577. The lowest BCUT2D eigenvalue weighted by Crippen LogP contribution is -2.15. The van der Waals surface area contributed by atoms with E-state index in [1.165, 1.54) is 14.2 Å². The van der Waals surface area contributed by atoms with Crippen molar-refractivity contribution in [3.63, 3.8) is 0 Å². The second-order valence-electron chi connectivity index (χ2n) is 6.03. The zero-order chi connectivity index (χ0) is 21.0. The van der Waals surface area contributed by atoms with Crippen LogP contribution in [0.15, 0.2) is 36.4 Å². The van der Waals surface area contributed by atoms with E-state index in [1.807, 2.05) is 0 Å². The number of nitrogens with one attached hydrogen (secondary N) is 2. The molecule has 1 aromatic heterocycles. The number of carbonyl (C=O) groups excluding carboxylic acids is 2. The fraction of sp³-hybridized carbons (Fsp3) is 0.238. The Hall–Kier alpha value is -3.68.